The maximum absolute atomic E-state index is 11.4. The van der Waals surface area contributed by atoms with Gasteiger partial charge in [0, 0.05) is 7.05 Å². The van der Waals surface area contributed by atoms with Crippen molar-refractivity contribution in [1.82, 2.24) is 24.8 Å². The van der Waals surface area contributed by atoms with Crippen LogP contribution in [0.2, 0.25) is 0 Å². The molecule has 2 aromatic heterocycles. The second-order valence-corrected chi connectivity index (χ2v) is 3.81. The van der Waals surface area contributed by atoms with Gasteiger partial charge in [0.05, 0.1) is 12.2 Å². The van der Waals surface area contributed by atoms with Crippen molar-refractivity contribution in [3.05, 3.63) is 39.0 Å². The zero-order chi connectivity index (χ0) is 10.8. The van der Waals surface area contributed by atoms with Crippen molar-refractivity contribution in [1.29, 1.82) is 0 Å². The molecule has 78 valence electrons. The van der Waals surface area contributed by atoms with Gasteiger partial charge in [-0.1, -0.05) is 6.07 Å². The number of tetrazole rings is 1. The molecule has 0 N–H and O–H groups in total. The number of aryl methyl sites for hydroxylation is 1. The third-order valence-electron chi connectivity index (χ3n) is 1.86. The molecule has 0 fully saturated rings. The molecular weight excluding hydrogens is 262 g/mol. The van der Waals surface area contributed by atoms with Crippen LogP contribution >= 0.6 is 15.9 Å². The van der Waals surface area contributed by atoms with E-state index in [-0.39, 0.29) is 5.69 Å². The van der Waals surface area contributed by atoms with Gasteiger partial charge in [0.1, 0.15) is 4.60 Å². The highest BCUT2D eigenvalue weighted by Gasteiger charge is 2.04. The first-order valence-corrected chi connectivity index (χ1v) is 5.04. The monoisotopic (exact) mass is 269 g/mol. The molecule has 7 heteroatoms. The van der Waals surface area contributed by atoms with Crippen LogP contribution in [0.25, 0.3) is 0 Å². The van der Waals surface area contributed by atoms with Crippen LogP contribution in [0.15, 0.2) is 27.6 Å². The second kappa shape index (κ2) is 3.93. The Hall–Kier alpha value is -1.50. The first kappa shape index (κ1) is 10.0. The normalized spacial score (nSPS) is 10.5. The molecule has 15 heavy (non-hydrogen) atoms. The van der Waals surface area contributed by atoms with E-state index in [1.807, 2.05) is 18.2 Å². The summed E-state index contributed by atoms with van der Waals surface area (Å²) in [5.74, 6) is 0. The summed E-state index contributed by atoms with van der Waals surface area (Å²) in [5.41, 5.74) is 0.503. The van der Waals surface area contributed by atoms with Gasteiger partial charge in [-0.2, -0.15) is 9.36 Å². The molecular formula is C8H8BrN5O. The molecule has 0 unspecified atom stereocenters. The number of pyridine rings is 1. The topological polar surface area (TPSA) is 65.6 Å². The molecule has 0 aromatic carbocycles. The van der Waals surface area contributed by atoms with E-state index in [1.165, 1.54) is 9.36 Å². The molecule has 0 radical (unpaired) electrons. The Morgan fingerprint density at radius 1 is 1.40 bits per heavy atom. The van der Waals surface area contributed by atoms with Crippen LogP contribution < -0.4 is 5.69 Å². The maximum Gasteiger partial charge on any atom is 0.363 e. The Morgan fingerprint density at radius 3 is 2.80 bits per heavy atom. The van der Waals surface area contributed by atoms with Gasteiger partial charge in [0.15, 0.2) is 0 Å². The summed E-state index contributed by atoms with van der Waals surface area (Å²) in [6.45, 7) is 0.326. The van der Waals surface area contributed by atoms with Gasteiger partial charge in [-0.15, -0.1) is 0 Å². The Balaban J connectivity index is 2.30. The predicted octanol–water partition coefficient (Wildman–Crippen LogP) is 0.183. The number of rotatable bonds is 2. The van der Waals surface area contributed by atoms with Crippen LogP contribution in [0.3, 0.4) is 0 Å². The van der Waals surface area contributed by atoms with Crippen molar-refractivity contribution in [2.24, 2.45) is 7.05 Å². The van der Waals surface area contributed by atoms with Crippen molar-refractivity contribution in [3.63, 3.8) is 0 Å². The molecule has 2 heterocycles. The maximum atomic E-state index is 11.4. The molecule has 2 aromatic rings. The first-order valence-electron chi connectivity index (χ1n) is 4.25. The lowest BCUT2D eigenvalue weighted by atomic mass is 10.3. The lowest BCUT2D eigenvalue weighted by Gasteiger charge is -1.98. The van der Waals surface area contributed by atoms with E-state index in [4.69, 9.17) is 0 Å². The van der Waals surface area contributed by atoms with E-state index in [0.717, 1.165) is 10.3 Å². The minimum Gasteiger partial charge on any atom is -0.244 e. The molecule has 0 bridgehead atoms. The van der Waals surface area contributed by atoms with E-state index in [9.17, 15) is 4.79 Å². The second-order valence-electron chi connectivity index (χ2n) is 2.99. The zero-order valence-corrected chi connectivity index (χ0v) is 9.55. The molecule has 0 atom stereocenters. The first-order chi connectivity index (χ1) is 7.16. The van der Waals surface area contributed by atoms with Gasteiger partial charge >= 0.3 is 5.69 Å². The number of hydrogen-bond acceptors (Lipinski definition) is 4. The van der Waals surface area contributed by atoms with Crippen LogP contribution in [0.5, 0.6) is 0 Å². The Bertz CT molecular complexity index is 532. The van der Waals surface area contributed by atoms with Crippen molar-refractivity contribution < 1.29 is 0 Å². The van der Waals surface area contributed by atoms with Crippen molar-refractivity contribution in [3.8, 4) is 0 Å². The van der Waals surface area contributed by atoms with E-state index in [2.05, 4.69) is 31.3 Å². The summed E-state index contributed by atoms with van der Waals surface area (Å²) < 4.78 is 3.17. The Labute approximate surface area is 93.7 Å². The quantitative estimate of drug-likeness (QED) is 0.730. The summed E-state index contributed by atoms with van der Waals surface area (Å²) in [6.07, 6.45) is 0. The van der Waals surface area contributed by atoms with E-state index >= 15 is 0 Å². The molecule has 0 aliphatic heterocycles. The van der Waals surface area contributed by atoms with Gasteiger partial charge in [0.2, 0.25) is 0 Å². The molecule has 0 saturated carbocycles. The standard InChI is InChI=1S/C8H8BrN5O/c1-13-8(15)14(12-11-13)5-6-3-2-4-7(9)10-6/h2-4H,5H2,1H3. The molecule has 0 aliphatic carbocycles. The number of aromatic nitrogens is 5. The largest absolute Gasteiger partial charge is 0.363 e. The number of hydrogen-bond donors (Lipinski definition) is 0. The van der Waals surface area contributed by atoms with Crippen LogP contribution in [-0.2, 0) is 13.6 Å². The fourth-order valence-corrected chi connectivity index (χ4v) is 1.52. The van der Waals surface area contributed by atoms with Gasteiger partial charge in [0.25, 0.3) is 0 Å². The van der Waals surface area contributed by atoms with Gasteiger partial charge in [-0.05, 0) is 38.5 Å². The molecule has 0 saturated heterocycles. The minimum atomic E-state index is -0.253. The van der Waals surface area contributed by atoms with Crippen LogP contribution in [0.4, 0.5) is 0 Å². The van der Waals surface area contributed by atoms with Crippen LogP contribution in [0, 0.1) is 0 Å². The minimum absolute atomic E-state index is 0.253. The van der Waals surface area contributed by atoms with Crippen LogP contribution in [-0.4, -0.2) is 24.8 Å². The van der Waals surface area contributed by atoms with E-state index in [0.29, 0.717) is 6.54 Å². The summed E-state index contributed by atoms with van der Waals surface area (Å²) >= 11 is 3.26. The summed E-state index contributed by atoms with van der Waals surface area (Å²) in [6, 6.07) is 5.50. The summed E-state index contributed by atoms with van der Waals surface area (Å²) in [7, 11) is 1.56. The molecule has 6 nitrogen and oxygen atoms in total. The van der Waals surface area contributed by atoms with Crippen molar-refractivity contribution in [2.75, 3.05) is 0 Å². The number of halogens is 1. The molecule has 0 aliphatic rings. The predicted molar refractivity (Wildman–Crippen MR) is 56.3 cm³/mol. The van der Waals surface area contributed by atoms with Crippen molar-refractivity contribution in [2.45, 2.75) is 6.54 Å². The highest BCUT2D eigenvalue weighted by molar-refractivity contribution is 9.10. The molecule has 0 spiro atoms. The van der Waals surface area contributed by atoms with Gasteiger partial charge in [-0.25, -0.2) is 9.78 Å². The zero-order valence-electron chi connectivity index (χ0n) is 7.96. The molecule has 2 rings (SSSR count). The summed E-state index contributed by atoms with van der Waals surface area (Å²) in [5, 5.41) is 7.31. The SMILES string of the molecule is Cn1nnn(Cc2cccc(Br)n2)c1=O. The fraction of sp³-hybridized carbons (Fsp3) is 0.250. The lowest BCUT2D eigenvalue weighted by molar-refractivity contribution is 0.620. The third-order valence-corrected chi connectivity index (χ3v) is 2.31. The average Bonchev–Trinajstić information content (AvgIpc) is 2.50. The van der Waals surface area contributed by atoms with E-state index in [1.54, 1.807) is 7.05 Å². The van der Waals surface area contributed by atoms with Crippen LogP contribution in [0.1, 0.15) is 5.69 Å². The fourth-order valence-electron chi connectivity index (χ4n) is 1.14. The Morgan fingerprint density at radius 2 is 2.20 bits per heavy atom. The smallest absolute Gasteiger partial charge is 0.244 e. The number of nitrogens with zero attached hydrogens (tertiary/aromatic N) is 5. The summed E-state index contributed by atoms with van der Waals surface area (Å²) in [4.78, 5) is 15.6. The van der Waals surface area contributed by atoms with E-state index < -0.39 is 0 Å². The highest BCUT2D eigenvalue weighted by Crippen LogP contribution is 2.06. The third kappa shape index (κ3) is 2.12. The Kier molecular flexibility index (Phi) is 2.63. The highest BCUT2D eigenvalue weighted by atomic mass is 79.9. The van der Waals surface area contributed by atoms with Gasteiger partial charge in [-0.3, -0.25) is 0 Å². The van der Waals surface area contributed by atoms with Crippen molar-refractivity contribution >= 4 is 15.9 Å². The average molecular weight is 270 g/mol. The van der Waals surface area contributed by atoms with Gasteiger partial charge < -0.3 is 0 Å². The molecule has 0 amide bonds. The lowest BCUT2D eigenvalue weighted by Crippen LogP contribution is -2.24.